The van der Waals surface area contributed by atoms with Crippen molar-refractivity contribution in [1.29, 1.82) is 0 Å². The molecule has 2 fully saturated rings. The molecule has 1 saturated heterocycles. The quantitative estimate of drug-likeness (QED) is 0.818. The van der Waals surface area contributed by atoms with Gasteiger partial charge >= 0.3 is 6.01 Å². The van der Waals surface area contributed by atoms with Crippen molar-refractivity contribution in [2.45, 2.75) is 83.8 Å². The Morgan fingerprint density at radius 3 is 2.48 bits per heavy atom. The minimum atomic E-state index is -0.172. The Kier molecular flexibility index (Phi) is 7.86. The van der Waals surface area contributed by atoms with Crippen LogP contribution in [0.5, 0.6) is 5.75 Å². The van der Waals surface area contributed by atoms with Crippen LogP contribution in [0.3, 0.4) is 0 Å². The molecule has 7 heteroatoms. The first-order chi connectivity index (χ1) is 14.0. The summed E-state index contributed by atoms with van der Waals surface area (Å²) in [4.78, 5) is 10.5. The average Bonchev–Trinajstić information content (AvgIpc) is 3.21. The van der Waals surface area contributed by atoms with Crippen LogP contribution in [0.4, 0.5) is 6.01 Å². The lowest BCUT2D eigenvalue weighted by atomic mass is 9.98. The van der Waals surface area contributed by atoms with Crippen LogP contribution in [0, 0.1) is 6.92 Å². The van der Waals surface area contributed by atoms with E-state index in [1.54, 1.807) is 0 Å². The molecule has 29 heavy (non-hydrogen) atoms. The summed E-state index contributed by atoms with van der Waals surface area (Å²) >= 11 is 0. The molecule has 3 heterocycles. The molecular formula is C22H34N4O3. The molecule has 0 amide bonds. The molecule has 0 bridgehead atoms. The van der Waals surface area contributed by atoms with Crippen molar-refractivity contribution in [1.82, 2.24) is 15.1 Å². The van der Waals surface area contributed by atoms with Crippen LogP contribution in [0.2, 0.25) is 0 Å². The van der Waals surface area contributed by atoms with Gasteiger partial charge < -0.3 is 19.3 Å². The summed E-state index contributed by atoms with van der Waals surface area (Å²) in [5, 5.41) is 13.3. The van der Waals surface area contributed by atoms with Crippen molar-refractivity contribution < 1.29 is 14.4 Å². The molecule has 1 N–H and O–H groups in total. The van der Waals surface area contributed by atoms with Crippen LogP contribution in [-0.4, -0.2) is 45.5 Å². The summed E-state index contributed by atoms with van der Waals surface area (Å²) in [5.41, 5.74) is 1.03. The first-order valence-electron chi connectivity index (χ1n) is 10.9. The van der Waals surface area contributed by atoms with E-state index in [9.17, 15) is 5.11 Å². The Hall–Kier alpha value is -2.15. The Balaban J connectivity index is 0.000000166. The molecule has 2 aliphatic rings. The number of rotatable bonds is 4. The Morgan fingerprint density at radius 2 is 1.86 bits per heavy atom. The van der Waals surface area contributed by atoms with Crippen LogP contribution in [-0.2, 0) is 0 Å². The van der Waals surface area contributed by atoms with E-state index in [1.807, 2.05) is 44.0 Å². The summed E-state index contributed by atoms with van der Waals surface area (Å²) < 4.78 is 11.1. The zero-order valence-corrected chi connectivity index (χ0v) is 17.9. The topological polar surface area (TPSA) is 84.5 Å². The summed E-state index contributed by atoms with van der Waals surface area (Å²) in [7, 11) is 0. The molecule has 0 atom stereocenters. The number of nitrogens with zero attached hydrogens (tertiary/aromatic N) is 4. The Bertz CT molecular complexity index is 735. The minimum Gasteiger partial charge on any atom is -0.490 e. The highest BCUT2D eigenvalue weighted by Gasteiger charge is 2.22. The van der Waals surface area contributed by atoms with E-state index in [0.29, 0.717) is 12.1 Å². The average molecular weight is 403 g/mol. The van der Waals surface area contributed by atoms with E-state index >= 15 is 0 Å². The molecule has 4 rings (SSSR count). The van der Waals surface area contributed by atoms with Gasteiger partial charge in [-0.1, -0.05) is 25.4 Å². The van der Waals surface area contributed by atoms with Gasteiger partial charge in [-0.3, -0.25) is 4.98 Å². The molecule has 1 aliphatic carbocycles. The van der Waals surface area contributed by atoms with Crippen molar-refractivity contribution in [2.75, 3.05) is 18.0 Å². The standard InChI is InChI=1S/C12H17NO.C10H17N3O2/c1-10-9-12(7-8-13-10)14-11-5-3-2-4-6-11;1-7(2)9-11-10(15-12-9)13-5-3-8(14)4-6-13/h7-9,11H,2-6H2,1H3;7-8,14H,3-6H2,1-2H3. The Labute approximate surface area is 173 Å². The van der Waals surface area contributed by atoms with E-state index in [2.05, 4.69) is 15.1 Å². The summed E-state index contributed by atoms with van der Waals surface area (Å²) in [5.74, 6) is 2.01. The lowest BCUT2D eigenvalue weighted by molar-refractivity contribution is 0.143. The van der Waals surface area contributed by atoms with Gasteiger partial charge in [-0.25, -0.2) is 0 Å². The highest BCUT2D eigenvalue weighted by atomic mass is 16.5. The fourth-order valence-corrected chi connectivity index (χ4v) is 3.61. The molecule has 2 aromatic heterocycles. The number of aromatic nitrogens is 3. The first-order valence-corrected chi connectivity index (χ1v) is 10.9. The van der Waals surface area contributed by atoms with Crippen molar-refractivity contribution in [2.24, 2.45) is 0 Å². The van der Waals surface area contributed by atoms with Gasteiger partial charge in [0.25, 0.3) is 0 Å². The van der Waals surface area contributed by atoms with Crippen LogP contribution in [0.25, 0.3) is 0 Å². The van der Waals surface area contributed by atoms with Gasteiger partial charge in [0.15, 0.2) is 5.82 Å². The third-order valence-corrected chi connectivity index (χ3v) is 5.41. The summed E-state index contributed by atoms with van der Waals surface area (Å²) in [6, 6.07) is 4.54. The molecule has 0 unspecified atom stereocenters. The summed E-state index contributed by atoms with van der Waals surface area (Å²) in [6.45, 7) is 7.65. The molecule has 2 aromatic rings. The smallest absolute Gasteiger partial charge is 0.324 e. The van der Waals surface area contributed by atoms with Gasteiger partial charge in [0.2, 0.25) is 0 Å². The SMILES string of the molecule is CC(C)c1noc(N2CCC(O)CC2)n1.Cc1cc(OC2CCCCC2)ccn1. The highest BCUT2D eigenvalue weighted by molar-refractivity contribution is 5.26. The monoisotopic (exact) mass is 402 g/mol. The molecule has 0 radical (unpaired) electrons. The number of anilines is 1. The number of pyridine rings is 1. The van der Waals surface area contributed by atoms with E-state index in [1.165, 1.54) is 32.1 Å². The second-order valence-corrected chi connectivity index (χ2v) is 8.32. The molecular weight excluding hydrogens is 368 g/mol. The predicted molar refractivity (Wildman–Crippen MR) is 112 cm³/mol. The van der Waals surface area contributed by atoms with Crippen molar-refractivity contribution in [3.63, 3.8) is 0 Å². The molecule has 1 saturated carbocycles. The zero-order valence-electron chi connectivity index (χ0n) is 17.9. The maximum atomic E-state index is 9.37. The summed E-state index contributed by atoms with van der Waals surface area (Å²) in [6.07, 6.45) is 10.0. The highest BCUT2D eigenvalue weighted by Crippen LogP contribution is 2.23. The number of hydrogen-bond acceptors (Lipinski definition) is 7. The van der Waals surface area contributed by atoms with Crippen LogP contribution >= 0.6 is 0 Å². The number of aryl methyl sites for hydroxylation is 1. The van der Waals surface area contributed by atoms with Gasteiger partial charge in [-0.2, -0.15) is 4.98 Å². The Morgan fingerprint density at radius 1 is 1.14 bits per heavy atom. The number of ether oxygens (including phenoxy) is 1. The number of piperidine rings is 1. The second kappa shape index (κ2) is 10.6. The number of aliphatic hydroxyl groups excluding tert-OH is 1. The first kappa shape index (κ1) is 21.6. The van der Waals surface area contributed by atoms with Crippen LogP contribution in [0.1, 0.15) is 76.2 Å². The maximum Gasteiger partial charge on any atom is 0.324 e. The predicted octanol–water partition coefficient (Wildman–Crippen LogP) is 4.26. The molecule has 7 nitrogen and oxygen atoms in total. The normalized spacial score (nSPS) is 18.4. The third-order valence-electron chi connectivity index (χ3n) is 5.41. The fourth-order valence-electron chi connectivity index (χ4n) is 3.61. The lowest BCUT2D eigenvalue weighted by Gasteiger charge is -2.27. The van der Waals surface area contributed by atoms with Gasteiger partial charge in [0.05, 0.1) is 12.2 Å². The number of aliphatic hydroxyl groups is 1. The molecule has 160 valence electrons. The van der Waals surface area contributed by atoms with Crippen molar-refractivity contribution in [3.05, 3.63) is 29.8 Å². The lowest BCUT2D eigenvalue weighted by Crippen LogP contribution is -2.36. The number of hydrogen-bond donors (Lipinski definition) is 1. The molecule has 1 aliphatic heterocycles. The second-order valence-electron chi connectivity index (χ2n) is 8.32. The van der Waals surface area contributed by atoms with Crippen LogP contribution < -0.4 is 9.64 Å². The van der Waals surface area contributed by atoms with E-state index in [-0.39, 0.29) is 12.0 Å². The van der Waals surface area contributed by atoms with Gasteiger partial charge in [-0.15, -0.1) is 0 Å². The third kappa shape index (κ3) is 6.70. The van der Waals surface area contributed by atoms with Crippen LogP contribution in [0.15, 0.2) is 22.9 Å². The van der Waals surface area contributed by atoms with Crippen molar-refractivity contribution in [3.8, 4) is 5.75 Å². The van der Waals surface area contributed by atoms with Gasteiger partial charge in [0.1, 0.15) is 5.75 Å². The van der Waals surface area contributed by atoms with Gasteiger partial charge in [0, 0.05) is 37.0 Å². The molecule has 0 aromatic carbocycles. The maximum absolute atomic E-state index is 9.37. The molecule has 0 spiro atoms. The fraction of sp³-hybridized carbons (Fsp3) is 0.682. The van der Waals surface area contributed by atoms with E-state index in [0.717, 1.165) is 43.2 Å². The minimum absolute atomic E-state index is 0.172. The zero-order chi connectivity index (χ0) is 20.6. The van der Waals surface area contributed by atoms with E-state index < -0.39 is 0 Å². The van der Waals surface area contributed by atoms with E-state index in [4.69, 9.17) is 9.26 Å². The largest absolute Gasteiger partial charge is 0.490 e. The van der Waals surface area contributed by atoms with Gasteiger partial charge in [-0.05, 0) is 51.5 Å². The van der Waals surface area contributed by atoms with Crippen molar-refractivity contribution >= 4 is 6.01 Å².